The molecule has 0 fully saturated rings. The normalized spacial score (nSPS) is 11.4. The fraction of sp³-hybridized carbons (Fsp3) is 0.143. The van der Waals surface area contributed by atoms with Gasteiger partial charge in [0.2, 0.25) is 0 Å². The van der Waals surface area contributed by atoms with Gasteiger partial charge in [0.05, 0.1) is 16.8 Å². The van der Waals surface area contributed by atoms with E-state index < -0.39 is 17.7 Å². The molecule has 138 valence electrons. The number of pyridine rings is 1. The summed E-state index contributed by atoms with van der Waals surface area (Å²) in [6.07, 6.45) is -2.65. The molecular formula is C21H16F3NO2. The molecule has 0 radical (unpaired) electrons. The maximum Gasteiger partial charge on any atom is 0.417 e. The Morgan fingerprint density at radius 3 is 2.44 bits per heavy atom. The smallest absolute Gasteiger partial charge is 0.417 e. The molecule has 1 heterocycles. The molecule has 0 aliphatic carbocycles. The van der Waals surface area contributed by atoms with Gasteiger partial charge in [-0.2, -0.15) is 13.2 Å². The molecule has 6 heteroatoms. The second-order valence-corrected chi connectivity index (χ2v) is 6.24. The van der Waals surface area contributed by atoms with Crippen molar-refractivity contribution in [2.45, 2.75) is 19.5 Å². The van der Waals surface area contributed by atoms with Crippen molar-refractivity contribution in [3.63, 3.8) is 0 Å². The van der Waals surface area contributed by atoms with Crippen LogP contribution in [0.25, 0.3) is 11.3 Å². The zero-order valence-corrected chi connectivity index (χ0v) is 14.4. The third kappa shape index (κ3) is 4.16. The monoisotopic (exact) mass is 371 g/mol. The number of alkyl halides is 3. The lowest BCUT2D eigenvalue weighted by atomic mass is 9.98. The zero-order chi connectivity index (χ0) is 19.6. The average molecular weight is 371 g/mol. The van der Waals surface area contributed by atoms with E-state index >= 15 is 0 Å². The van der Waals surface area contributed by atoms with Crippen molar-refractivity contribution in [3.8, 4) is 11.3 Å². The molecule has 0 atom stereocenters. The fourth-order valence-electron chi connectivity index (χ4n) is 2.91. The average Bonchev–Trinajstić information content (AvgIpc) is 2.63. The number of carboxylic acids is 1. The first-order valence-electron chi connectivity index (χ1n) is 8.20. The van der Waals surface area contributed by atoms with E-state index in [0.717, 1.165) is 17.2 Å². The maximum absolute atomic E-state index is 13.2. The minimum absolute atomic E-state index is 0.0121. The molecule has 27 heavy (non-hydrogen) atoms. The highest BCUT2D eigenvalue weighted by Crippen LogP contribution is 2.36. The van der Waals surface area contributed by atoms with Gasteiger partial charge < -0.3 is 5.11 Å². The van der Waals surface area contributed by atoms with Gasteiger partial charge in [0, 0.05) is 11.8 Å². The molecule has 3 rings (SSSR count). The lowest BCUT2D eigenvalue weighted by Crippen LogP contribution is -2.07. The molecule has 3 nitrogen and oxygen atoms in total. The number of benzene rings is 2. The number of halogens is 3. The van der Waals surface area contributed by atoms with Gasteiger partial charge in [-0.15, -0.1) is 0 Å². The van der Waals surface area contributed by atoms with Gasteiger partial charge in [-0.05, 0) is 42.7 Å². The predicted molar refractivity (Wildman–Crippen MR) is 95.6 cm³/mol. The van der Waals surface area contributed by atoms with Gasteiger partial charge in [0.1, 0.15) is 0 Å². The van der Waals surface area contributed by atoms with E-state index in [0.29, 0.717) is 12.0 Å². The minimum atomic E-state index is -4.46. The van der Waals surface area contributed by atoms with E-state index in [9.17, 15) is 23.1 Å². The van der Waals surface area contributed by atoms with Crippen LogP contribution in [-0.2, 0) is 12.6 Å². The number of hydrogen-bond acceptors (Lipinski definition) is 2. The molecule has 0 aliphatic heterocycles. The molecule has 0 saturated carbocycles. The van der Waals surface area contributed by atoms with Crippen LogP contribution in [0.4, 0.5) is 13.2 Å². The van der Waals surface area contributed by atoms with E-state index in [1.165, 1.54) is 30.5 Å². The van der Waals surface area contributed by atoms with Crippen molar-refractivity contribution in [1.82, 2.24) is 4.98 Å². The Morgan fingerprint density at radius 1 is 1.07 bits per heavy atom. The molecule has 0 amide bonds. The molecular weight excluding hydrogens is 355 g/mol. The van der Waals surface area contributed by atoms with Gasteiger partial charge in [-0.3, -0.25) is 4.98 Å². The number of rotatable bonds is 4. The Hall–Kier alpha value is -3.15. The fourth-order valence-corrected chi connectivity index (χ4v) is 2.91. The van der Waals surface area contributed by atoms with E-state index in [4.69, 9.17) is 0 Å². The molecule has 0 spiro atoms. The first-order chi connectivity index (χ1) is 12.8. The van der Waals surface area contributed by atoms with E-state index in [1.807, 2.05) is 13.0 Å². The van der Waals surface area contributed by atoms with Crippen LogP contribution in [0, 0.1) is 6.92 Å². The minimum Gasteiger partial charge on any atom is -0.478 e. The molecule has 1 N–H and O–H groups in total. The number of carbonyl (C=O) groups is 1. The highest BCUT2D eigenvalue weighted by Gasteiger charge is 2.33. The van der Waals surface area contributed by atoms with Crippen LogP contribution in [0.3, 0.4) is 0 Å². The van der Waals surface area contributed by atoms with Gasteiger partial charge in [0.15, 0.2) is 0 Å². The van der Waals surface area contributed by atoms with Crippen molar-refractivity contribution in [1.29, 1.82) is 0 Å². The zero-order valence-electron chi connectivity index (χ0n) is 14.4. The number of nitrogens with zero attached hydrogens (tertiary/aromatic N) is 1. The second-order valence-electron chi connectivity index (χ2n) is 6.24. The van der Waals surface area contributed by atoms with Crippen molar-refractivity contribution >= 4 is 5.97 Å². The Labute approximate surface area is 154 Å². The van der Waals surface area contributed by atoms with Crippen LogP contribution >= 0.6 is 0 Å². The van der Waals surface area contributed by atoms with Gasteiger partial charge in [-0.1, -0.05) is 42.0 Å². The first-order valence-corrected chi connectivity index (χ1v) is 8.20. The van der Waals surface area contributed by atoms with Gasteiger partial charge in [0.25, 0.3) is 0 Å². The first kappa shape index (κ1) is 18.6. The topological polar surface area (TPSA) is 50.2 Å². The summed E-state index contributed by atoms with van der Waals surface area (Å²) < 4.78 is 39.5. The summed E-state index contributed by atoms with van der Waals surface area (Å²) in [5, 5.41) is 9.35. The molecule has 3 aromatic rings. The van der Waals surface area contributed by atoms with E-state index in [1.54, 1.807) is 18.2 Å². The molecule has 0 aliphatic rings. The quantitative estimate of drug-likeness (QED) is 0.671. The van der Waals surface area contributed by atoms with Crippen LogP contribution in [0.15, 0.2) is 60.8 Å². The Bertz CT molecular complexity index is 979. The number of aromatic carboxylic acids is 1. The number of aromatic nitrogens is 1. The molecule has 0 unspecified atom stereocenters. The largest absolute Gasteiger partial charge is 0.478 e. The third-order valence-electron chi connectivity index (χ3n) is 4.22. The van der Waals surface area contributed by atoms with E-state index in [2.05, 4.69) is 4.98 Å². The SMILES string of the molecule is Cc1ccc(Cc2ccc(-c3ccccc3C(F)(F)F)nc2)c(C(=O)O)c1. The number of aryl methyl sites for hydroxylation is 1. The summed E-state index contributed by atoms with van der Waals surface area (Å²) in [4.78, 5) is 15.6. The third-order valence-corrected chi connectivity index (χ3v) is 4.22. The van der Waals surface area contributed by atoms with Crippen LogP contribution in [0.5, 0.6) is 0 Å². The predicted octanol–water partition coefficient (Wildman–Crippen LogP) is 5.36. The summed E-state index contributed by atoms with van der Waals surface area (Å²) in [5.74, 6) is -1.02. The van der Waals surface area contributed by atoms with Crippen molar-refractivity contribution in [3.05, 3.63) is 88.6 Å². The van der Waals surface area contributed by atoms with Crippen molar-refractivity contribution in [2.75, 3.05) is 0 Å². The standard InChI is InChI=1S/C21H16F3NO2/c1-13-6-8-15(17(10-13)20(26)27)11-14-7-9-19(25-12-14)16-4-2-3-5-18(16)21(22,23)24/h2-10,12H,11H2,1H3,(H,26,27). The van der Waals surface area contributed by atoms with Crippen molar-refractivity contribution in [2.24, 2.45) is 0 Å². The van der Waals surface area contributed by atoms with Crippen molar-refractivity contribution < 1.29 is 23.1 Å². The van der Waals surface area contributed by atoms with Crippen LogP contribution in [0.1, 0.15) is 32.6 Å². The van der Waals surface area contributed by atoms with Crippen LogP contribution in [-0.4, -0.2) is 16.1 Å². The summed E-state index contributed by atoms with van der Waals surface area (Å²) in [6.45, 7) is 1.81. The molecule has 0 bridgehead atoms. The highest BCUT2D eigenvalue weighted by molar-refractivity contribution is 5.89. The van der Waals surface area contributed by atoms with Crippen LogP contribution < -0.4 is 0 Å². The lowest BCUT2D eigenvalue weighted by Gasteiger charge is -2.12. The summed E-state index contributed by atoms with van der Waals surface area (Å²) in [5.41, 5.74) is 1.88. The Kier molecular flexibility index (Phi) is 4.99. The van der Waals surface area contributed by atoms with Gasteiger partial charge in [-0.25, -0.2) is 4.79 Å². The molecule has 1 aromatic heterocycles. The second kappa shape index (κ2) is 7.23. The van der Waals surface area contributed by atoms with Gasteiger partial charge >= 0.3 is 12.1 Å². The lowest BCUT2D eigenvalue weighted by molar-refractivity contribution is -0.137. The number of carboxylic acid groups (broad SMARTS) is 1. The summed E-state index contributed by atoms with van der Waals surface area (Å²) >= 11 is 0. The molecule has 0 saturated heterocycles. The van der Waals surface area contributed by atoms with Crippen LogP contribution in [0.2, 0.25) is 0 Å². The Morgan fingerprint density at radius 2 is 1.81 bits per heavy atom. The summed E-state index contributed by atoms with van der Waals surface area (Å²) in [6, 6.07) is 13.6. The molecule has 2 aromatic carbocycles. The highest BCUT2D eigenvalue weighted by atomic mass is 19.4. The van der Waals surface area contributed by atoms with E-state index in [-0.39, 0.29) is 16.8 Å². The maximum atomic E-state index is 13.2. The Balaban J connectivity index is 1.91. The summed E-state index contributed by atoms with van der Waals surface area (Å²) in [7, 11) is 0. The number of hydrogen-bond donors (Lipinski definition) is 1.